The molecule has 0 saturated carbocycles. The molecule has 0 aromatic heterocycles. The number of ether oxygens (including phenoxy) is 1. The van der Waals surface area contributed by atoms with Crippen LogP contribution in [0.15, 0.2) is 48.5 Å². The molecule has 1 N–H and O–H groups in total. The lowest BCUT2D eigenvalue weighted by molar-refractivity contribution is 0.177. The van der Waals surface area contributed by atoms with E-state index in [-0.39, 0.29) is 0 Å². The Morgan fingerprint density at radius 3 is 2.15 bits per heavy atom. The van der Waals surface area contributed by atoms with Crippen LogP contribution in [-0.4, -0.2) is 12.2 Å². The van der Waals surface area contributed by atoms with E-state index in [4.69, 9.17) is 4.74 Å². The van der Waals surface area contributed by atoms with Crippen LogP contribution in [0.2, 0.25) is 0 Å². The minimum Gasteiger partial charge on any atom is -0.496 e. The summed E-state index contributed by atoms with van der Waals surface area (Å²) in [4.78, 5) is 0. The third-order valence-corrected chi connectivity index (χ3v) is 3.59. The Kier molecular flexibility index (Phi) is 4.80. The van der Waals surface area contributed by atoms with Crippen molar-refractivity contribution in [2.45, 2.75) is 32.3 Å². The lowest BCUT2D eigenvalue weighted by Crippen LogP contribution is -2.03. The molecule has 0 aliphatic rings. The molecule has 0 aliphatic carbocycles. The Bertz CT molecular complexity index is 544. The number of aliphatic hydroxyl groups is 1. The zero-order valence-corrected chi connectivity index (χ0v) is 12.3. The fraction of sp³-hybridized carbons (Fsp3) is 0.333. The van der Waals surface area contributed by atoms with Crippen LogP contribution in [0.3, 0.4) is 0 Å². The highest BCUT2D eigenvalue weighted by molar-refractivity contribution is 5.35. The monoisotopic (exact) mass is 270 g/mol. The van der Waals surface area contributed by atoms with Gasteiger partial charge in [0.2, 0.25) is 0 Å². The summed E-state index contributed by atoms with van der Waals surface area (Å²) >= 11 is 0. The summed E-state index contributed by atoms with van der Waals surface area (Å²) < 4.78 is 5.32. The van der Waals surface area contributed by atoms with E-state index in [2.05, 4.69) is 26.0 Å². The first-order valence-electron chi connectivity index (χ1n) is 7.01. The number of hydrogen-bond donors (Lipinski definition) is 1. The van der Waals surface area contributed by atoms with Crippen molar-refractivity contribution in [3.05, 3.63) is 65.2 Å². The van der Waals surface area contributed by atoms with E-state index in [1.54, 1.807) is 7.11 Å². The van der Waals surface area contributed by atoms with Crippen molar-refractivity contribution in [1.82, 2.24) is 0 Å². The van der Waals surface area contributed by atoms with Crippen LogP contribution in [-0.2, 0) is 6.42 Å². The number of para-hydroxylation sites is 1. The van der Waals surface area contributed by atoms with Crippen LogP contribution in [0.4, 0.5) is 0 Å². The summed E-state index contributed by atoms with van der Waals surface area (Å²) in [5.74, 6) is 1.33. The molecule has 1 atom stereocenters. The molecule has 2 heteroatoms. The van der Waals surface area contributed by atoms with E-state index >= 15 is 0 Å². The molecule has 0 radical (unpaired) electrons. The van der Waals surface area contributed by atoms with Crippen LogP contribution in [0.5, 0.6) is 5.75 Å². The second-order valence-electron chi connectivity index (χ2n) is 5.35. The van der Waals surface area contributed by atoms with Gasteiger partial charge in [0.1, 0.15) is 5.75 Å². The number of rotatable bonds is 5. The van der Waals surface area contributed by atoms with E-state index in [0.717, 1.165) is 16.9 Å². The summed E-state index contributed by atoms with van der Waals surface area (Å²) in [5.41, 5.74) is 3.26. The standard InChI is InChI=1S/C18H22O2/c1-13(2)14-8-10-15(11-9-14)17(19)12-16-6-4-5-7-18(16)20-3/h4-11,13,17,19H,12H2,1-3H3. The van der Waals surface area contributed by atoms with Crippen molar-refractivity contribution in [3.8, 4) is 5.75 Å². The van der Waals surface area contributed by atoms with Gasteiger partial charge in [-0.2, -0.15) is 0 Å². The first kappa shape index (κ1) is 14.6. The van der Waals surface area contributed by atoms with Crippen LogP contribution in [0, 0.1) is 0 Å². The quantitative estimate of drug-likeness (QED) is 0.886. The lowest BCUT2D eigenvalue weighted by atomic mass is 9.97. The van der Waals surface area contributed by atoms with Gasteiger partial charge in [0.15, 0.2) is 0 Å². The Hall–Kier alpha value is -1.80. The Morgan fingerprint density at radius 1 is 0.950 bits per heavy atom. The summed E-state index contributed by atoms with van der Waals surface area (Å²) in [6.07, 6.45) is 0.0536. The van der Waals surface area contributed by atoms with E-state index in [1.807, 2.05) is 36.4 Å². The van der Waals surface area contributed by atoms with Crippen LogP contribution >= 0.6 is 0 Å². The molecule has 0 amide bonds. The number of benzene rings is 2. The molecule has 0 saturated heterocycles. The van der Waals surface area contributed by atoms with E-state index in [0.29, 0.717) is 12.3 Å². The maximum Gasteiger partial charge on any atom is 0.122 e. The van der Waals surface area contributed by atoms with Gasteiger partial charge >= 0.3 is 0 Å². The number of hydrogen-bond acceptors (Lipinski definition) is 2. The predicted octanol–water partition coefficient (Wildman–Crippen LogP) is 4.09. The second kappa shape index (κ2) is 6.58. The van der Waals surface area contributed by atoms with Gasteiger partial charge in [0.25, 0.3) is 0 Å². The van der Waals surface area contributed by atoms with Gasteiger partial charge in [0.05, 0.1) is 13.2 Å². The zero-order valence-electron chi connectivity index (χ0n) is 12.3. The topological polar surface area (TPSA) is 29.5 Å². The highest BCUT2D eigenvalue weighted by atomic mass is 16.5. The molecular formula is C18H22O2. The summed E-state index contributed by atoms with van der Waals surface area (Å²) in [6, 6.07) is 16.0. The van der Waals surface area contributed by atoms with Crippen LogP contribution in [0.25, 0.3) is 0 Å². The van der Waals surface area contributed by atoms with E-state index in [9.17, 15) is 5.11 Å². The first-order chi connectivity index (χ1) is 9.61. The second-order valence-corrected chi connectivity index (χ2v) is 5.35. The molecule has 0 heterocycles. The molecule has 2 aromatic carbocycles. The highest BCUT2D eigenvalue weighted by Gasteiger charge is 2.12. The van der Waals surface area contributed by atoms with E-state index in [1.165, 1.54) is 5.56 Å². The van der Waals surface area contributed by atoms with Gasteiger partial charge in [-0.25, -0.2) is 0 Å². The molecule has 1 unspecified atom stereocenters. The van der Waals surface area contributed by atoms with Crippen molar-refractivity contribution in [2.75, 3.05) is 7.11 Å². The van der Waals surface area contributed by atoms with Crippen molar-refractivity contribution in [1.29, 1.82) is 0 Å². The van der Waals surface area contributed by atoms with Crippen LogP contribution in [0.1, 0.15) is 42.6 Å². The SMILES string of the molecule is COc1ccccc1CC(O)c1ccc(C(C)C)cc1. The molecule has 2 nitrogen and oxygen atoms in total. The molecule has 2 rings (SSSR count). The van der Waals surface area contributed by atoms with Gasteiger partial charge in [0, 0.05) is 6.42 Å². The third kappa shape index (κ3) is 3.40. The van der Waals surface area contributed by atoms with Crippen molar-refractivity contribution >= 4 is 0 Å². The van der Waals surface area contributed by atoms with Crippen molar-refractivity contribution in [3.63, 3.8) is 0 Å². The fourth-order valence-electron chi connectivity index (χ4n) is 2.30. The molecule has 106 valence electrons. The maximum absolute atomic E-state index is 10.4. The lowest BCUT2D eigenvalue weighted by Gasteiger charge is -2.14. The average molecular weight is 270 g/mol. The summed E-state index contributed by atoms with van der Waals surface area (Å²) in [6.45, 7) is 4.33. The largest absolute Gasteiger partial charge is 0.496 e. The molecular weight excluding hydrogens is 248 g/mol. The summed E-state index contributed by atoms with van der Waals surface area (Å²) in [7, 11) is 1.66. The summed E-state index contributed by atoms with van der Waals surface area (Å²) in [5, 5.41) is 10.4. The first-order valence-corrected chi connectivity index (χ1v) is 7.01. The van der Waals surface area contributed by atoms with Gasteiger partial charge in [-0.3, -0.25) is 0 Å². The van der Waals surface area contributed by atoms with Crippen LogP contribution < -0.4 is 4.74 Å². The normalized spacial score (nSPS) is 12.4. The van der Waals surface area contributed by atoms with Gasteiger partial charge in [-0.15, -0.1) is 0 Å². The minimum atomic E-state index is -0.507. The minimum absolute atomic E-state index is 0.507. The third-order valence-electron chi connectivity index (χ3n) is 3.59. The average Bonchev–Trinajstić information content (AvgIpc) is 2.48. The zero-order chi connectivity index (χ0) is 14.5. The fourth-order valence-corrected chi connectivity index (χ4v) is 2.30. The highest BCUT2D eigenvalue weighted by Crippen LogP contribution is 2.25. The molecule has 20 heavy (non-hydrogen) atoms. The molecule has 0 spiro atoms. The Labute approximate surface area is 121 Å². The Morgan fingerprint density at radius 2 is 1.55 bits per heavy atom. The van der Waals surface area contributed by atoms with E-state index < -0.39 is 6.10 Å². The van der Waals surface area contributed by atoms with Gasteiger partial charge in [-0.05, 0) is 28.7 Å². The molecule has 0 fully saturated rings. The van der Waals surface area contributed by atoms with Crippen molar-refractivity contribution in [2.24, 2.45) is 0 Å². The molecule has 0 bridgehead atoms. The Balaban J connectivity index is 2.13. The predicted molar refractivity (Wildman–Crippen MR) is 82.2 cm³/mol. The molecule has 0 aliphatic heterocycles. The number of methoxy groups -OCH3 is 1. The van der Waals surface area contributed by atoms with Crippen molar-refractivity contribution < 1.29 is 9.84 Å². The van der Waals surface area contributed by atoms with Gasteiger partial charge < -0.3 is 9.84 Å². The maximum atomic E-state index is 10.4. The number of aliphatic hydroxyl groups excluding tert-OH is 1. The smallest absolute Gasteiger partial charge is 0.122 e. The molecule has 2 aromatic rings. The van der Waals surface area contributed by atoms with Gasteiger partial charge in [-0.1, -0.05) is 56.3 Å².